The average molecular weight is 347 g/mol. The number of piperidine rings is 1. The topological polar surface area (TPSA) is 62.3 Å². The van der Waals surface area contributed by atoms with E-state index in [1.807, 2.05) is 12.1 Å². The van der Waals surface area contributed by atoms with Crippen LogP contribution in [-0.2, 0) is 16.6 Å². The summed E-state index contributed by atoms with van der Waals surface area (Å²) in [5.74, 6) is 0.549. The Morgan fingerprint density at radius 2 is 2.08 bits per heavy atom. The molecule has 2 aromatic rings. The van der Waals surface area contributed by atoms with Crippen LogP contribution in [-0.4, -0.2) is 44.2 Å². The van der Waals surface area contributed by atoms with E-state index in [-0.39, 0.29) is 0 Å². The van der Waals surface area contributed by atoms with Gasteiger partial charge in [-0.3, -0.25) is 9.88 Å². The molecule has 130 valence electrons. The van der Waals surface area contributed by atoms with Crippen molar-refractivity contribution >= 4 is 20.9 Å². The standard InChI is InChI=1S/C18H25N3O2S/c1-24(22,23)19-11-10-15-5-4-12-21(13-15)14-17-9-8-16-6-2-3-7-18(16)20-17/h2-3,6-9,15,19H,4-5,10-14H2,1H3/t15-/m1/s1. The summed E-state index contributed by atoms with van der Waals surface area (Å²) in [5, 5.41) is 1.17. The van der Waals surface area contributed by atoms with Crippen molar-refractivity contribution in [2.24, 2.45) is 5.92 Å². The normalized spacial score (nSPS) is 19.6. The third-order valence-corrected chi connectivity index (χ3v) is 5.29. The summed E-state index contributed by atoms with van der Waals surface area (Å²) in [6, 6.07) is 12.4. The number of fused-ring (bicyclic) bond motifs is 1. The van der Waals surface area contributed by atoms with Crippen LogP contribution in [0.15, 0.2) is 36.4 Å². The van der Waals surface area contributed by atoms with Gasteiger partial charge >= 0.3 is 0 Å². The first-order chi connectivity index (χ1) is 11.5. The zero-order chi connectivity index (χ0) is 17.0. The van der Waals surface area contributed by atoms with Gasteiger partial charge in [0.15, 0.2) is 0 Å². The number of hydrogen-bond donors (Lipinski definition) is 1. The van der Waals surface area contributed by atoms with Crippen molar-refractivity contribution in [3.8, 4) is 0 Å². The molecule has 6 heteroatoms. The average Bonchev–Trinajstić information content (AvgIpc) is 2.54. The molecule has 0 radical (unpaired) electrons. The number of sulfonamides is 1. The van der Waals surface area contributed by atoms with Gasteiger partial charge in [0, 0.05) is 25.0 Å². The zero-order valence-corrected chi connectivity index (χ0v) is 14.9. The molecule has 1 N–H and O–H groups in total. The molecule has 1 aromatic carbocycles. The fourth-order valence-electron chi connectivity index (χ4n) is 3.40. The van der Waals surface area contributed by atoms with Gasteiger partial charge in [0.1, 0.15) is 0 Å². The minimum absolute atomic E-state index is 0.533. The molecule has 24 heavy (non-hydrogen) atoms. The Bertz CT molecular complexity index is 792. The monoisotopic (exact) mass is 347 g/mol. The summed E-state index contributed by atoms with van der Waals surface area (Å²) in [4.78, 5) is 7.19. The predicted octanol–water partition coefficient (Wildman–Crippen LogP) is 2.39. The fraction of sp³-hybridized carbons (Fsp3) is 0.500. The third kappa shape index (κ3) is 5.00. The number of pyridine rings is 1. The predicted molar refractivity (Wildman–Crippen MR) is 97.2 cm³/mol. The maximum Gasteiger partial charge on any atom is 0.208 e. The van der Waals surface area contributed by atoms with Crippen molar-refractivity contribution in [2.45, 2.75) is 25.8 Å². The number of hydrogen-bond acceptors (Lipinski definition) is 4. The van der Waals surface area contributed by atoms with E-state index in [0.717, 1.165) is 43.7 Å². The molecule has 0 unspecified atom stereocenters. The van der Waals surface area contributed by atoms with Crippen LogP contribution in [0.5, 0.6) is 0 Å². The number of benzene rings is 1. The first kappa shape index (κ1) is 17.3. The Morgan fingerprint density at radius 1 is 1.25 bits per heavy atom. The van der Waals surface area contributed by atoms with E-state index >= 15 is 0 Å². The van der Waals surface area contributed by atoms with Gasteiger partial charge in [-0.05, 0) is 43.9 Å². The number of aromatic nitrogens is 1. The Hall–Kier alpha value is -1.50. The highest BCUT2D eigenvalue weighted by molar-refractivity contribution is 7.88. The highest BCUT2D eigenvalue weighted by atomic mass is 32.2. The number of rotatable bonds is 6. The number of para-hydroxylation sites is 1. The molecular formula is C18H25N3O2S. The summed E-state index contributed by atoms with van der Waals surface area (Å²) in [5.41, 5.74) is 2.14. The van der Waals surface area contributed by atoms with E-state index in [9.17, 15) is 8.42 Å². The largest absolute Gasteiger partial charge is 0.297 e. The van der Waals surface area contributed by atoms with Crippen LogP contribution in [0.25, 0.3) is 10.9 Å². The van der Waals surface area contributed by atoms with Crippen LogP contribution < -0.4 is 4.72 Å². The summed E-state index contributed by atoms with van der Waals surface area (Å²) < 4.78 is 24.9. The SMILES string of the molecule is CS(=O)(=O)NCC[C@H]1CCCN(Cc2ccc3ccccc3n2)C1. The lowest BCUT2D eigenvalue weighted by molar-refractivity contribution is 0.161. The summed E-state index contributed by atoms with van der Waals surface area (Å²) in [6.45, 7) is 3.50. The van der Waals surface area contributed by atoms with E-state index in [4.69, 9.17) is 4.98 Å². The maximum atomic E-state index is 11.2. The molecule has 5 nitrogen and oxygen atoms in total. The van der Waals surface area contributed by atoms with Crippen molar-refractivity contribution in [2.75, 3.05) is 25.9 Å². The first-order valence-electron chi connectivity index (χ1n) is 8.51. The molecule has 2 heterocycles. The molecule has 0 amide bonds. The summed E-state index contributed by atoms with van der Waals surface area (Å²) in [6.07, 6.45) is 4.45. The van der Waals surface area contributed by atoms with Crippen molar-refractivity contribution in [1.82, 2.24) is 14.6 Å². The third-order valence-electron chi connectivity index (χ3n) is 4.56. The minimum atomic E-state index is -3.08. The van der Waals surface area contributed by atoms with Gasteiger partial charge in [0.05, 0.1) is 17.5 Å². The van der Waals surface area contributed by atoms with Crippen molar-refractivity contribution in [3.63, 3.8) is 0 Å². The fourth-order valence-corrected chi connectivity index (χ4v) is 3.89. The molecule has 3 rings (SSSR count). The van der Waals surface area contributed by atoms with E-state index in [0.29, 0.717) is 12.5 Å². The number of likely N-dealkylation sites (tertiary alicyclic amines) is 1. The highest BCUT2D eigenvalue weighted by Gasteiger charge is 2.20. The smallest absolute Gasteiger partial charge is 0.208 e. The molecular weight excluding hydrogens is 322 g/mol. The highest BCUT2D eigenvalue weighted by Crippen LogP contribution is 2.21. The van der Waals surface area contributed by atoms with E-state index in [1.165, 1.54) is 18.1 Å². The van der Waals surface area contributed by atoms with Crippen molar-refractivity contribution in [1.29, 1.82) is 0 Å². The zero-order valence-electron chi connectivity index (χ0n) is 14.1. The van der Waals surface area contributed by atoms with Crippen LogP contribution in [0.4, 0.5) is 0 Å². The lowest BCUT2D eigenvalue weighted by Crippen LogP contribution is -2.36. The molecule has 1 aliphatic heterocycles. The minimum Gasteiger partial charge on any atom is -0.297 e. The van der Waals surface area contributed by atoms with Crippen molar-refractivity contribution < 1.29 is 8.42 Å². The molecule has 1 fully saturated rings. The molecule has 0 aliphatic carbocycles. The van der Waals surface area contributed by atoms with E-state index in [2.05, 4.69) is 33.9 Å². The summed E-state index contributed by atoms with van der Waals surface area (Å²) in [7, 11) is -3.08. The number of nitrogens with one attached hydrogen (secondary N) is 1. The molecule has 0 saturated carbocycles. The molecule has 0 bridgehead atoms. The Balaban J connectivity index is 1.56. The second kappa shape index (κ2) is 7.59. The number of nitrogens with zero attached hydrogens (tertiary/aromatic N) is 2. The van der Waals surface area contributed by atoms with Gasteiger partial charge in [-0.2, -0.15) is 0 Å². The van der Waals surface area contributed by atoms with Crippen LogP contribution in [0.3, 0.4) is 0 Å². The van der Waals surface area contributed by atoms with Crippen LogP contribution in [0.2, 0.25) is 0 Å². The Labute approximate surface area is 144 Å². The van der Waals surface area contributed by atoms with Gasteiger partial charge < -0.3 is 0 Å². The van der Waals surface area contributed by atoms with Crippen LogP contribution >= 0.6 is 0 Å². The van der Waals surface area contributed by atoms with Gasteiger partial charge in [-0.15, -0.1) is 0 Å². The van der Waals surface area contributed by atoms with E-state index in [1.54, 1.807) is 0 Å². The van der Waals surface area contributed by atoms with Gasteiger partial charge in [-0.1, -0.05) is 24.3 Å². The molecule has 1 aromatic heterocycles. The lowest BCUT2D eigenvalue weighted by atomic mass is 9.95. The van der Waals surface area contributed by atoms with Gasteiger partial charge in [0.2, 0.25) is 10.0 Å². The van der Waals surface area contributed by atoms with Crippen LogP contribution in [0.1, 0.15) is 25.0 Å². The Kier molecular flexibility index (Phi) is 5.48. The molecule has 1 saturated heterocycles. The van der Waals surface area contributed by atoms with Gasteiger partial charge in [-0.25, -0.2) is 13.1 Å². The van der Waals surface area contributed by atoms with Crippen molar-refractivity contribution in [3.05, 3.63) is 42.1 Å². The molecule has 1 atom stereocenters. The van der Waals surface area contributed by atoms with Gasteiger partial charge in [0.25, 0.3) is 0 Å². The van der Waals surface area contributed by atoms with E-state index < -0.39 is 10.0 Å². The van der Waals surface area contributed by atoms with Crippen LogP contribution in [0, 0.1) is 5.92 Å². The molecule has 1 aliphatic rings. The second-order valence-corrected chi connectivity index (χ2v) is 8.53. The first-order valence-corrected chi connectivity index (χ1v) is 10.4. The molecule has 0 spiro atoms. The Morgan fingerprint density at radius 3 is 2.92 bits per heavy atom. The summed E-state index contributed by atoms with van der Waals surface area (Å²) >= 11 is 0. The second-order valence-electron chi connectivity index (χ2n) is 6.69. The maximum absolute atomic E-state index is 11.2. The lowest BCUT2D eigenvalue weighted by Gasteiger charge is -2.32. The quantitative estimate of drug-likeness (QED) is 0.871.